The van der Waals surface area contributed by atoms with Crippen LogP contribution in [0.5, 0.6) is 0 Å². The van der Waals surface area contributed by atoms with Gasteiger partial charge >= 0.3 is 17.9 Å². The molecule has 0 rings (SSSR count). The van der Waals surface area contributed by atoms with Gasteiger partial charge in [-0.3, -0.25) is 14.4 Å². The van der Waals surface area contributed by atoms with Crippen molar-refractivity contribution in [2.75, 3.05) is 13.2 Å². The monoisotopic (exact) mass is 889 g/mol. The molecule has 0 aromatic rings. The zero-order chi connectivity index (χ0) is 45.8. The van der Waals surface area contributed by atoms with E-state index in [1.54, 1.807) is 0 Å². The maximum absolute atomic E-state index is 12.7. The standard InChI is InChI=1S/C57H108O6/c1-4-7-10-13-15-17-19-21-22-23-24-25-26-27-28-29-30-31-32-33-34-36-37-39-41-44-47-50-56(59)62-53-54(52-61-55(58)49-46-43-12-9-6-3)63-57(60)51-48-45-42-40-38-35-20-18-16-14-11-8-5-2/h23-24,54H,4-22,25-53H2,1-3H3/b24-23-. The maximum Gasteiger partial charge on any atom is 0.306 e. The van der Waals surface area contributed by atoms with Crippen molar-refractivity contribution in [3.8, 4) is 0 Å². The predicted octanol–water partition coefficient (Wildman–Crippen LogP) is 18.5. The van der Waals surface area contributed by atoms with Gasteiger partial charge in [-0.05, 0) is 44.9 Å². The highest BCUT2D eigenvalue weighted by Crippen LogP contribution is 2.17. The lowest BCUT2D eigenvalue weighted by Crippen LogP contribution is -2.30. The van der Waals surface area contributed by atoms with Crippen LogP contribution >= 0.6 is 0 Å². The Kier molecular flexibility index (Phi) is 51.2. The molecule has 0 saturated heterocycles. The fourth-order valence-electron chi connectivity index (χ4n) is 8.50. The molecule has 0 radical (unpaired) electrons. The zero-order valence-corrected chi connectivity index (χ0v) is 42.6. The summed E-state index contributed by atoms with van der Waals surface area (Å²) in [6.45, 7) is 6.59. The first-order chi connectivity index (χ1) is 31.0. The Balaban J connectivity index is 3.95. The number of rotatable bonds is 52. The minimum absolute atomic E-state index is 0.0652. The van der Waals surface area contributed by atoms with Crippen LogP contribution in [0.1, 0.15) is 316 Å². The fraction of sp³-hybridized carbons (Fsp3) is 0.912. The second-order valence-corrected chi connectivity index (χ2v) is 19.2. The van der Waals surface area contributed by atoms with Crippen LogP contribution in [0.2, 0.25) is 0 Å². The number of carbonyl (C=O) groups is 3. The number of esters is 3. The molecule has 0 saturated carbocycles. The number of ether oxygens (including phenoxy) is 3. The lowest BCUT2D eigenvalue weighted by molar-refractivity contribution is -0.167. The zero-order valence-electron chi connectivity index (χ0n) is 42.6. The Hall–Kier alpha value is -1.85. The van der Waals surface area contributed by atoms with E-state index in [1.165, 1.54) is 212 Å². The lowest BCUT2D eigenvalue weighted by atomic mass is 10.0. The molecule has 0 aromatic heterocycles. The molecule has 1 unspecified atom stereocenters. The first-order valence-corrected chi connectivity index (χ1v) is 28.2. The molecule has 0 fully saturated rings. The second-order valence-electron chi connectivity index (χ2n) is 19.2. The Bertz CT molecular complexity index is 978. The number of carbonyl (C=O) groups excluding carboxylic acids is 3. The van der Waals surface area contributed by atoms with Crippen LogP contribution in [0.4, 0.5) is 0 Å². The second kappa shape index (κ2) is 52.8. The first-order valence-electron chi connectivity index (χ1n) is 28.2. The fourth-order valence-corrected chi connectivity index (χ4v) is 8.50. The van der Waals surface area contributed by atoms with Crippen molar-refractivity contribution in [1.29, 1.82) is 0 Å². The molecule has 0 aromatic carbocycles. The van der Waals surface area contributed by atoms with Gasteiger partial charge in [0.05, 0.1) is 0 Å². The average molecular weight is 889 g/mol. The van der Waals surface area contributed by atoms with E-state index < -0.39 is 6.10 Å². The molecule has 6 nitrogen and oxygen atoms in total. The molecule has 0 aliphatic rings. The smallest absolute Gasteiger partial charge is 0.306 e. The van der Waals surface area contributed by atoms with Crippen molar-refractivity contribution in [1.82, 2.24) is 0 Å². The van der Waals surface area contributed by atoms with Crippen LogP contribution in [-0.4, -0.2) is 37.2 Å². The third-order valence-electron chi connectivity index (χ3n) is 12.8. The largest absolute Gasteiger partial charge is 0.462 e. The molecule has 63 heavy (non-hydrogen) atoms. The summed E-state index contributed by atoms with van der Waals surface area (Å²) >= 11 is 0. The predicted molar refractivity (Wildman–Crippen MR) is 270 cm³/mol. The van der Waals surface area contributed by atoms with Crippen molar-refractivity contribution < 1.29 is 28.6 Å². The van der Waals surface area contributed by atoms with Crippen molar-refractivity contribution >= 4 is 17.9 Å². The third kappa shape index (κ3) is 51.0. The molecule has 0 amide bonds. The Morgan fingerprint density at radius 3 is 0.794 bits per heavy atom. The lowest BCUT2D eigenvalue weighted by Gasteiger charge is -2.18. The normalized spacial score (nSPS) is 12.0. The molecular weight excluding hydrogens is 781 g/mol. The molecule has 0 spiro atoms. The molecular formula is C57H108O6. The van der Waals surface area contributed by atoms with E-state index in [0.29, 0.717) is 19.3 Å². The minimum atomic E-state index is -0.760. The van der Waals surface area contributed by atoms with Gasteiger partial charge in [-0.1, -0.05) is 264 Å². The molecule has 0 heterocycles. The highest BCUT2D eigenvalue weighted by Gasteiger charge is 2.19. The molecule has 1 atom stereocenters. The summed E-state index contributed by atoms with van der Waals surface area (Å²) < 4.78 is 16.7. The molecule has 0 aliphatic carbocycles. The summed E-state index contributed by atoms with van der Waals surface area (Å²) in [5.74, 6) is -0.862. The number of hydrogen-bond acceptors (Lipinski definition) is 6. The van der Waals surface area contributed by atoms with Gasteiger partial charge in [0.1, 0.15) is 13.2 Å². The summed E-state index contributed by atoms with van der Waals surface area (Å²) in [5.41, 5.74) is 0. The topological polar surface area (TPSA) is 78.9 Å². The van der Waals surface area contributed by atoms with Crippen molar-refractivity contribution in [3.63, 3.8) is 0 Å². The van der Waals surface area contributed by atoms with E-state index in [1.807, 2.05) is 0 Å². The average Bonchev–Trinajstić information content (AvgIpc) is 3.28. The van der Waals surface area contributed by atoms with Crippen LogP contribution in [0, 0.1) is 0 Å². The summed E-state index contributed by atoms with van der Waals surface area (Å²) in [4.78, 5) is 37.7. The van der Waals surface area contributed by atoms with Gasteiger partial charge in [-0.25, -0.2) is 0 Å². The summed E-state index contributed by atoms with van der Waals surface area (Å²) in [5, 5.41) is 0. The van der Waals surface area contributed by atoms with Gasteiger partial charge in [-0.15, -0.1) is 0 Å². The van der Waals surface area contributed by atoms with Crippen LogP contribution in [0.3, 0.4) is 0 Å². The van der Waals surface area contributed by atoms with E-state index in [9.17, 15) is 14.4 Å². The molecule has 0 N–H and O–H groups in total. The highest BCUT2D eigenvalue weighted by molar-refractivity contribution is 5.71. The van der Waals surface area contributed by atoms with E-state index in [2.05, 4.69) is 32.9 Å². The summed E-state index contributed by atoms with van der Waals surface area (Å²) in [7, 11) is 0. The van der Waals surface area contributed by atoms with E-state index in [4.69, 9.17) is 14.2 Å². The third-order valence-corrected chi connectivity index (χ3v) is 12.8. The van der Waals surface area contributed by atoms with Crippen molar-refractivity contribution in [2.45, 2.75) is 322 Å². The van der Waals surface area contributed by atoms with Gasteiger partial charge in [-0.2, -0.15) is 0 Å². The van der Waals surface area contributed by atoms with Crippen molar-refractivity contribution in [2.24, 2.45) is 0 Å². The van der Waals surface area contributed by atoms with E-state index in [-0.39, 0.29) is 31.1 Å². The molecule has 0 bridgehead atoms. The SMILES string of the molecule is CCCCCCCCCC/C=C\CCCCCCCCCCCCCCCCCC(=O)OCC(COC(=O)CCCCCCC)OC(=O)CCCCCCCCCCCCCCC. The summed E-state index contributed by atoms with van der Waals surface area (Å²) in [6.07, 6.45) is 59.7. The van der Waals surface area contributed by atoms with E-state index in [0.717, 1.165) is 64.2 Å². The summed E-state index contributed by atoms with van der Waals surface area (Å²) in [6, 6.07) is 0. The van der Waals surface area contributed by atoms with Gasteiger partial charge in [0.2, 0.25) is 0 Å². The van der Waals surface area contributed by atoms with Gasteiger partial charge in [0.25, 0.3) is 0 Å². The highest BCUT2D eigenvalue weighted by atomic mass is 16.6. The quantitative estimate of drug-likeness (QED) is 0.0262. The minimum Gasteiger partial charge on any atom is -0.462 e. The van der Waals surface area contributed by atoms with Gasteiger partial charge in [0.15, 0.2) is 6.10 Å². The molecule has 372 valence electrons. The van der Waals surface area contributed by atoms with Crippen molar-refractivity contribution in [3.05, 3.63) is 12.2 Å². The Labute approximate surface area is 392 Å². The number of unbranched alkanes of at least 4 members (excludes halogenated alkanes) is 39. The van der Waals surface area contributed by atoms with Crippen LogP contribution < -0.4 is 0 Å². The van der Waals surface area contributed by atoms with Gasteiger partial charge in [0, 0.05) is 19.3 Å². The maximum atomic E-state index is 12.7. The van der Waals surface area contributed by atoms with Crippen LogP contribution in [0.15, 0.2) is 12.2 Å². The molecule has 6 heteroatoms. The van der Waals surface area contributed by atoms with E-state index >= 15 is 0 Å². The van der Waals surface area contributed by atoms with Gasteiger partial charge < -0.3 is 14.2 Å². The number of hydrogen-bond donors (Lipinski definition) is 0. The Morgan fingerprint density at radius 1 is 0.302 bits per heavy atom. The molecule has 0 aliphatic heterocycles. The van der Waals surface area contributed by atoms with Crippen LogP contribution in [-0.2, 0) is 28.6 Å². The first kappa shape index (κ1) is 61.1. The van der Waals surface area contributed by atoms with Crippen LogP contribution in [0.25, 0.3) is 0 Å². The number of allylic oxidation sites excluding steroid dienone is 2. The Morgan fingerprint density at radius 2 is 0.524 bits per heavy atom.